The van der Waals surface area contributed by atoms with Crippen LogP contribution in [0.5, 0.6) is 0 Å². The smallest absolute Gasteiger partial charge is 0.255 e. The number of aryl methyl sites for hydroxylation is 2. The highest BCUT2D eigenvalue weighted by molar-refractivity contribution is 6.07. The first-order chi connectivity index (χ1) is 11.5. The van der Waals surface area contributed by atoms with Crippen LogP contribution in [0.2, 0.25) is 0 Å². The summed E-state index contributed by atoms with van der Waals surface area (Å²) >= 11 is 0. The Kier molecular flexibility index (Phi) is 4.08. The maximum Gasteiger partial charge on any atom is 0.255 e. The lowest BCUT2D eigenvalue weighted by Gasteiger charge is -2.07. The van der Waals surface area contributed by atoms with Gasteiger partial charge in [0.1, 0.15) is 0 Å². The van der Waals surface area contributed by atoms with Crippen LogP contribution >= 0.6 is 0 Å². The molecule has 122 valence electrons. The van der Waals surface area contributed by atoms with Crippen LogP contribution in [-0.4, -0.2) is 23.8 Å². The molecule has 5 heteroatoms. The molecule has 0 aliphatic rings. The second-order valence-electron chi connectivity index (χ2n) is 5.75. The molecule has 0 bridgehead atoms. The quantitative estimate of drug-likeness (QED) is 0.692. The maximum atomic E-state index is 12.5. The summed E-state index contributed by atoms with van der Waals surface area (Å²) in [6.07, 6.45) is 0. The Labute approximate surface area is 140 Å². The minimum absolute atomic E-state index is 0.189. The lowest BCUT2D eigenvalue weighted by molar-refractivity contribution is 0.0961. The number of rotatable bonds is 3. The maximum absolute atomic E-state index is 12.5. The topological polar surface area (TPSA) is 74.0 Å². The Morgan fingerprint density at radius 1 is 0.958 bits per heavy atom. The third kappa shape index (κ3) is 2.88. The van der Waals surface area contributed by atoms with Gasteiger partial charge in [-0.2, -0.15) is 0 Å². The number of carbonyl (C=O) groups excluding carboxylic acids is 2. The number of fused-ring (bicyclic) bond motifs is 1. The van der Waals surface area contributed by atoms with E-state index in [0.717, 1.165) is 22.2 Å². The Bertz CT molecular complexity index is 941. The van der Waals surface area contributed by atoms with Crippen molar-refractivity contribution in [2.75, 3.05) is 12.4 Å². The number of aromatic amines is 1. The van der Waals surface area contributed by atoms with Gasteiger partial charge < -0.3 is 15.6 Å². The predicted octanol–water partition coefficient (Wildman–Crippen LogP) is 3.40. The molecule has 2 amide bonds. The number of hydrogen-bond acceptors (Lipinski definition) is 2. The number of hydrogen-bond donors (Lipinski definition) is 3. The van der Waals surface area contributed by atoms with Gasteiger partial charge in [-0.3, -0.25) is 9.59 Å². The van der Waals surface area contributed by atoms with Crippen molar-refractivity contribution < 1.29 is 9.59 Å². The number of amides is 2. The van der Waals surface area contributed by atoms with Crippen LogP contribution in [0.1, 0.15) is 32.0 Å². The molecule has 3 aromatic rings. The highest BCUT2D eigenvalue weighted by Gasteiger charge is 2.11. The molecule has 0 radical (unpaired) electrons. The highest BCUT2D eigenvalue weighted by Crippen LogP contribution is 2.23. The zero-order chi connectivity index (χ0) is 17.3. The second-order valence-corrected chi connectivity index (χ2v) is 5.75. The van der Waals surface area contributed by atoms with Crippen molar-refractivity contribution in [2.45, 2.75) is 13.8 Å². The molecule has 5 nitrogen and oxygen atoms in total. The predicted molar refractivity (Wildman–Crippen MR) is 95.6 cm³/mol. The van der Waals surface area contributed by atoms with Crippen LogP contribution < -0.4 is 10.6 Å². The van der Waals surface area contributed by atoms with Crippen molar-refractivity contribution in [1.29, 1.82) is 0 Å². The summed E-state index contributed by atoms with van der Waals surface area (Å²) in [5.41, 5.74) is 4.92. The molecule has 24 heavy (non-hydrogen) atoms. The van der Waals surface area contributed by atoms with Gasteiger partial charge in [-0.15, -0.1) is 0 Å². The molecule has 2 aromatic carbocycles. The van der Waals surface area contributed by atoms with Crippen LogP contribution in [0.25, 0.3) is 10.9 Å². The largest absolute Gasteiger partial charge is 0.358 e. The number of carbonyl (C=O) groups is 2. The molecule has 0 saturated carbocycles. The van der Waals surface area contributed by atoms with Crippen molar-refractivity contribution in [3.8, 4) is 0 Å². The molecule has 0 spiro atoms. The van der Waals surface area contributed by atoms with Crippen LogP contribution in [0, 0.1) is 13.8 Å². The standard InChI is InChI=1S/C19H19N3O2/c1-11-12(2)21-17-8-7-14(10-16(11)17)19(24)22-15-6-4-5-13(9-15)18(23)20-3/h4-10,21H,1-3H3,(H,20,23)(H,22,24). The van der Waals surface area contributed by atoms with Gasteiger partial charge in [0, 0.05) is 40.5 Å². The van der Waals surface area contributed by atoms with Crippen molar-refractivity contribution in [1.82, 2.24) is 10.3 Å². The Morgan fingerprint density at radius 2 is 1.71 bits per heavy atom. The number of nitrogens with one attached hydrogen (secondary N) is 3. The monoisotopic (exact) mass is 321 g/mol. The number of aromatic nitrogens is 1. The SMILES string of the molecule is CNC(=O)c1cccc(NC(=O)c2ccc3[nH]c(C)c(C)c3c2)c1. The van der Waals surface area contributed by atoms with Crippen LogP contribution in [0.15, 0.2) is 42.5 Å². The first-order valence-corrected chi connectivity index (χ1v) is 7.72. The highest BCUT2D eigenvalue weighted by atomic mass is 16.2. The molecule has 0 aliphatic carbocycles. The Balaban J connectivity index is 1.87. The molecule has 0 atom stereocenters. The zero-order valence-corrected chi connectivity index (χ0v) is 13.9. The van der Waals surface area contributed by atoms with Crippen molar-refractivity contribution >= 4 is 28.4 Å². The van der Waals surface area contributed by atoms with E-state index in [9.17, 15) is 9.59 Å². The third-order valence-electron chi connectivity index (χ3n) is 4.18. The summed E-state index contributed by atoms with van der Waals surface area (Å²) in [6.45, 7) is 4.04. The third-order valence-corrected chi connectivity index (χ3v) is 4.18. The summed E-state index contributed by atoms with van der Waals surface area (Å²) in [7, 11) is 1.57. The van der Waals surface area contributed by atoms with Gasteiger partial charge in [0.25, 0.3) is 11.8 Å². The molecule has 1 aromatic heterocycles. The Hall–Kier alpha value is -3.08. The average molecular weight is 321 g/mol. The van der Waals surface area contributed by atoms with Crippen LogP contribution in [-0.2, 0) is 0 Å². The molecular weight excluding hydrogens is 302 g/mol. The molecule has 0 aliphatic heterocycles. The van der Waals surface area contributed by atoms with E-state index in [1.54, 1.807) is 37.4 Å². The van der Waals surface area contributed by atoms with E-state index >= 15 is 0 Å². The number of anilines is 1. The van der Waals surface area contributed by atoms with E-state index in [-0.39, 0.29) is 11.8 Å². The number of benzene rings is 2. The fourth-order valence-corrected chi connectivity index (χ4v) is 2.69. The zero-order valence-electron chi connectivity index (χ0n) is 13.9. The first-order valence-electron chi connectivity index (χ1n) is 7.72. The minimum Gasteiger partial charge on any atom is -0.358 e. The number of H-pyrrole nitrogens is 1. The minimum atomic E-state index is -0.204. The molecule has 3 rings (SSSR count). The van der Waals surface area contributed by atoms with Crippen LogP contribution in [0.3, 0.4) is 0 Å². The molecule has 0 saturated heterocycles. The molecule has 0 fully saturated rings. The summed E-state index contributed by atoms with van der Waals surface area (Å²) in [5, 5.41) is 6.45. The van der Waals surface area contributed by atoms with E-state index < -0.39 is 0 Å². The second kappa shape index (κ2) is 6.20. The molecular formula is C19H19N3O2. The van der Waals surface area contributed by atoms with E-state index in [1.807, 2.05) is 26.0 Å². The molecule has 3 N–H and O–H groups in total. The Morgan fingerprint density at radius 3 is 2.46 bits per heavy atom. The van der Waals surface area contributed by atoms with Crippen LogP contribution in [0.4, 0.5) is 5.69 Å². The summed E-state index contributed by atoms with van der Waals surface area (Å²) in [6, 6.07) is 12.4. The fourth-order valence-electron chi connectivity index (χ4n) is 2.69. The van der Waals surface area contributed by atoms with Gasteiger partial charge in [0.2, 0.25) is 0 Å². The first kappa shape index (κ1) is 15.8. The molecule has 1 heterocycles. The van der Waals surface area contributed by atoms with Gasteiger partial charge in [-0.1, -0.05) is 6.07 Å². The normalized spacial score (nSPS) is 10.6. The summed E-state index contributed by atoms with van der Waals surface area (Å²) in [4.78, 5) is 27.5. The average Bonchev–Trinajstić information content (AvgIpc) is 2.88. The van der Waals surface area contributed by atoms with Gasteiger partial charge >= 0.3 is 0 Å². The summed E-state index contributed by atoms with van der Waals surface area (Å²) in [5.74, 6) is -0.393. The summed E-state index contributed by atoms with van der Waals surface area (Å²) < 4.78 is 0. The van der Waals surface area contributed by atoms with E-state index in [4.69, 9.17) is 0 Å². The van der Waals surface area contributed by atoms with Crippen molar-refractivity contribution in [3.63, 3.8) is 0 Å². The van der Waals surface area contributed by atoms with Crippen molar-refractivity contribution in [2.24, 2.45) is 0 Å². The lowest BCUT2D eigenvalue weighted by Crippen LogP contribution is -2.18. The van der Waals surface area contributed by atoms with E-state index in [1.165, 1.54) is 0 Å². The van der Waals surface area contributed by atoms with E-state index in [0.29, 0.717) is 16.8 Å². The molecule has 0 unspecified atom stereocenters. The van der Waals surface area contributed by atoms with Crippen molar-refractivity contribution in [3.05, 3.63) is 64.8 Å². The fraction of sp³-hybridized carbons (Fsp3) is 0.158. The van der Waals surface area contributed by atoms with Gasteiger partial charge in [0.05, 0.1) is 0 Å². The van der Waals surface area contributed by atoms with E-state index in [2.05, 4.69) is 15.6 Å². The lowest BCUT2D eigenvalue weighted by atomic mass is 10.1. The van der Waals surface area contributed by atoms with Gasteiger partial charge in [-0.25, -0.2) is 0 Å². The van der Waals surface area contributed by atoms with Gasteiger partial charge in [0.15, 0.2) is 0 Å². The van der Waals surface area contributed by atoms with Gasteiger partial charge in [-0.05, 0) is 55.8 Å².